The molecule has 4 heteroatoms. The lowest BCUT2D eigenvalue weighted by molar-refractivity contribution is -0.139. The second-order valence-electron chi connectivity index (χ2n) is 3.23. The normalized spacial score (nSPS) is 13.4. The van der Waals surface area contributed by atoms with Crippen LogP contribution in [-0.4, -0.2) is 26.3 Å². The molecule has 0 atom stereocenters. The van der Waals surface area contributed by atoms with Crippen LogP contribution in [0, 0.1) is 0 Å². The van der Waals surface area contributed by atoms with Crippen LogP contribution in [0.1, 0.15) is 5.56 Å². The Morgan fingerprint density at radius 1 is 1.33 bits per heavy atom. The summed E-state index contributed by atoms with van der Waals surface area (Å²) in [5.74, 6) is 1.17. The average Bonchev–Trinajstić information content (AvgIpc) is 2.29. The maximum Gasteiger partial charge on any atom is 0.309 e. The Morgan fingerprint density at radius 3 is 2.80 bits per heavy atom. The minimum absolute atomic E-state index is 0.257. The van der Waals surface area contributed by atoms with E-state index in [0.29, 0.717) is 19.0 Å². The fourth-order valence-electron chi connectivity index (χ4n) is 1.44. The van der Waals surface area contributed by atoms with Crippen LogP contribution in [-0.2, 0) is 16.0 Å². The first-order valence-corrected chi connectivity index (χ1v) is 4.75. The van der Waals surface area contributed by atoms with Gasteiger partial charge in [0.2, 0.25) is 0 Å². The first-order valence-electron chi connectivity index (χ1n) is 4.75. The highest BCUT2D eigenvalue weighted by Gasteiger charge is 2.12. The predicted octanol–water partition coefficient (Wildman–Crippen LogP) is 1.17. The number of rotatable bonds is 2. The number of hydrogen-bond acceptors (Lipinski definition) is 4. The van der Waals surface area contributed by atoms with Gasteiger partial charge < -0.3 is 14.2 Å². The number of carbonyl (C=O) groups excluding carboxylic acids is 1. The van der Waals surface area contributed by atoms with Crippen LogP contribution >= 0.6 is 0 Å². The summed E-state index contributed by atoms with van der Waals surface area (Å²) in [4.78, 5) is 11.1. The molecule has 0 N–H and O–H groups in total. The van der Waals surface area contributed by atoms with E-state index in [2.05, 4.69) is 4.74 Å². The van der Waals surface area contributed by atoms with Crippen molar-refractivity contribution in [2.45, 2.75) is 6.42 Å². The van der Waals surface area contributed by atoms with Crippen LogP contribution in [0.5, 0.6) is 11.5 Å². The number of methoxy groups -OCH3 is 1. The molecule has 1 aromatic rings. The first-order chi connectivity index (χ1) is 7.29. The van der Waals surface area contributed by atoms with E-state index in [1.54, 1.807) is 0 Å². The molecule has 0 saturated heterocycles. The van der Waals surface area contributed by atoms with Gasteiger partial charge in [0.05, 0.1) is 13.5 Å². The summed E-state index contributed by atoms with van der Waals surface area (Å²) in [6.07, 6.45) is 0.257. The van der Waals surface area contributed by atoms with Crippen molar-refractivity contribution in [2.24, 2.45) is 0 Å². The largest absolute Gasteiger partial charge is 0.486 e. The van der Waals surface area contributed by atoms with E-state index in [0.717, 1.165) is 11.3 Å². The van der Waals surface area contributed by atoms with Gasteiger partial charge in [-0.1, -0.05) is 6.07 Å². The Morgan fingerprint density at radius 2 is 2.07 bits per heavy atom. The van der Waals surface area contributed by atoms with Crippen LogP contribution in [0.15, 0.2) is 18.2 Å². The molecule has 0 saturated carbocycles. The van der Waals surface area contributed by atoms with Crippen molar-refractivity contribution in [1.29, 1.82) is 0 Å². The second kappa shape index (κ2) is 4.21. The molecule has 0 bridgehead atoms. The Bertz CT molecular complexity index is 373. The van der Waals surface area contributed by atoms with Gasteiger partial charge in [-0.15, -0.1) is 0 Å². The molecule has 0 fully saturated rings. The summed E-state index contributed by atoms with van der Waals surface area (Å²) in [5.41, 5.74) is 0.867. The number of ether oxygens (including phenoxy) is 3. The smallest absolute Gasteiger partial charge is 0.309 e. The molecule has 0 unspecified atom stereocenters. The van der Waals surface area contributed by atoms with E-state index in [1.807, 2.05) is 18.2 Å². The Hall–Kier alpha value is -1.71. The summed E-state index contributed by atoms with van der Waals surface area (Å²) in [6.45, 7) is 1.12. The van der Waals surface area contributed by atoms with Crippen molar-refractivity contribution in [3.05, 3.63) is 23.8 Å². The maximum absolute atomic E-state index is 11.1. The number of hydrogen-bond donors (Lipinski definition) is 0. The molecule has 1 aromatic carbocycles. The molecule has 0 radical (unpaired) electrons. The van der Waals surface area contributed by atoms with Crippen molar-refractivity contribution in [3.8, 4) is 11.5 Å². The summed E-state index contributed by atoms with van der Waals surface area (Å²) >= 11 is 0. The van der Waals surface area contributed by atoms with Crippen LogP contribution in [0.4, 0.5) is 0 Å². The quantitative estimate of drug-likeness (QED) is 0.684. The van der Waals surface area contributed by atoms with Gasteiger partial charge in [0.1, 0.15) is 13.2 Å². The molecule has 1 heterocycles. The molecule has 80 valence electrons. The highest BCUT2D eigenvalue weighted by molar-refractivity contribution is 5.72. The first kappa shape index (κ1) is 9.83. The molecular formula is C11H12O4. The molecule has 2 rings (SSSR count). The molecule has 0 spiro atoms. The second-order valence-corrected chi connectivity index (χ2v) is 3.23. The molecule has 15 heavy (non-hydrogen) atoms. The fourth-order valence-corrected chi connectivity index (χ4v) is 1.44. The predicted molar refractivity (Wildman–Crippen MR) is 53.2 cm³/mol. The van der Waals surface area contributed by atoms with E-state index in [1.165, 1.54) is 7.11 Å². The molecule has 0 amide bonds. The zero-order valence-corrected chi connectivity index (χ0v) is 8.49. The Balaban J connectivity index is 2.17. The van der Waals surface area contributed by atoms with Gasteiger partial charge in [0, 0.05) is 0 Å². The van der Waals surface area contributed by atoms with Gasteiger partial charge in [-0.25, -0.2) is 0 Å². The van der Waals surface area contributed by atoms with E-state index in [-0.39, 0.29) is 12.4 Å². The molecule has 0 aromatic heterocycles. The van der Waals surface area contributed by atoms with Crippen LogP contribution in [0.2, 0.25) is 0 Å². The lowest BCUT2D eigenvalue weighted by Gasteiger charge is -2.18. The zero-order chi connectivity index (χ0) is 10.7. The van der Waals surface area contributed by atoms with Crippen molar-refractivity contribution >= 4 is 5.97 Å². The zero-order valence-electron chi connectivity index (χ0n) is 8.49. The highest BCUT2D eigenvalue weighted by atomic mass is 16.6. The average molecular weight is 208 g/mol. The van der Waals surface area contributed by atoms with Gasteiger partial charge in [-0.2, -0.15) is 0 Å². The monoisotopic (exact) mass is 208 g/mol. The number of fused-ring (bicyclic) bond motifs is 1. The van der Waals surface area contributed by atoms with Gasteiger partial charge in [-0.3, -0.25) is 4.79 Å². The van der Waals surface area contributed by atoms with Crippen LogP contribution in [0.3, 0.4) is 0 Å². The van der Waals surface area contributed by atoms with Gasteiger partial charge >= 0.3 is 5.97 Å². The lowest BCUT2D eigenvalue weighted by Crippen LogP contribution is -2.15. The topological polar surface area (TPSA) is 44.8 Å². The van der Waals surface area contributed by atoms with Gasteiger partial charge in [0.25, 0.3) is 0 Å². The fraction of sp³-hybridized carbons (Fsp3) is 0.364. The summed E-state index contributed by atoms with van der Waals surface area (Å²) in [7, 11) is 1.38. The third-order valence-electron chi connectivity index (χ3n) is 2.18. The number of esters is 1. The molecule has 1 aliphatic heterocycles. The highest BCUT2D eigenvalue weighted by Crippen LogP contribution is 2.30. The standard InChI is InChI=1S/C11H12O4/c1-13-11(12)7-8-2-3-9-10(6-8)15-5-4-14-9/h2-3,6H,4-5,7H2,1H3. The Labute approximate surface area is 87.8 Å². The third-order valence-corrected chi connectivity index (χ3v) is 2.18. The third kappa shape index (κ3) is 2.21. The van der Waals surface area contributed by atoms with E-state index in [4.69, 9.17) is 9.47 Å². The van der Waals surface area contributed by atoms with Crippen molar-refractivity contribution in [1.82, 2.24) is 0 Å². The SMILES string of the molecule is COC(=O)Cc1ccc2c(c1)OCCO2. The molecule has 4 nitrogen and oxygen atoms in total. The molecule has 1 aliphatic rings. The Kier molecular flexibility index (Phi) is 2.76. The minimum atomic E-state index is -0.258. The van der Waals surface area contributed by atoms with Crippen LogP contribution in [0.25, 0.3) is 0 Å². The van der Waals surface area contributed by atoms with Crippen molar-refractivity contribution in [2.75, 3.05) is 20.3 Å². The summed E-state index contributed by atoms with van der Waals surface area (Å²) in [5, 5.41) is 0. The summed E-state index contributed by atoms with van der Waals surface area (Å²) < 4.78 is 15.4. The molecular weight excluding hydrogens is 196 g/mol. The maximum atomic E-state index is 11.1. The number of benzene rings is 1. The molecule has 0 aliphatic carbocycles. The minimum Gasteiger partial charge on any atom is -0.486 e. The van der Waals surface area contributed by atoms with Gasteiger partial charge in [0.15, 0.2) is 11.5 Å². The van der Waals surface area contributed by atoms with Crippen molar-refractivity contribution in [3.63, 3.8) is 0 Å². The van der Waals surface area contributed by atoms with Crippen LogP contribution < -0.4 is 9.47 Å². The van der Waals surface area contributed by atoms with Crippen molar-refractivity contribution < 1.29 is 19.0 Å². The summed E-state index contributed by atoms with van der Waals surface area (Å²) in [6, 6.07) is 5.46. The van der Waals surface area contributed by atoms with E-state index in [9.17, 15) is 4.79 Å². The van der Waals surface area contributed by atoms with E-state index >= 15 is 0 Å². The number of carbonyl (C=O) groups is 1. The van der Waals surface area contributed by atoms with E-state index < -0.39 is 0 Å². The van der Waals surface area contributed by atoms with Gasteiger partial charge in [-0.05, 0) is 17.7 Å². The lowest BCUT2D eigenvalue weighted by atomic mass is 10.1.